The number of hydrogen-bond donors (Lipinski definition) is 1. The Morgan fingerprint density at radius 2 is 1.90 bits per heavy atom. The van der Waals surface area contributed by atoms with E-state index in [0.717, 1.165) is 47.0 Å². The Labute approximate surface area is 261 Å². The van der Waals surface area contributed by atoms with Crippen LogP contribution in [-0.2, 0) is 20.9 Å². The second-order valence-electron chi connectivity index (χ2n) is 11.7. The smallest absolute Gasteiger partial charge is 0.328 e. The monoisotopic (exact) mass is 612 g/mol. The molecule has 1 saturated heterocycles. The largest absolute Gasteiger partial charge is 0.467 e. The van der Waals surface area contributed by atoms with Gasteiger partial charge in [-0.15, -0.1) is 0 Å². The van der Waals surface area contributed by atoms with Crippen LogP contribution < -0.4 is 5.32 Å². The summed E-state index contributed by atoms with van der Waals surface area (Å²) in [5, 5.41) is 2.93. The molecule has 1 aliphatic carbocycles. The minimum atomic E-state index is -0.686. The number of ether oxygens (including phenoxy) is 2. The van der Waals surface area contributed by atoms with Gasteiger partial charge in [-0.25, -0.2) is 4.79 Å². The zero-order valence-corrected chi connectivity index (χ0v) is 27.4. The van der Waals surface area contributed by atoms with Crippen LogP contribution in [0.3, 0.4) is 0 Å². The van der Waals surface area contributed by atoms with E-state index in [1.54, 1.807) is 11.8 Å². The Balaban J connectivity index is 1.47. The van der Waals surface area contributed by atoms with Crippen LogP contribution in [0.5, 0.6) is 0 Å². The molecule has 230 valence electrons. The lowest BCUT2D eigenvalue weighted by Crippen LogP contribution is -2.49. The van der Waals surface area contributed by atoms with Crippen molar-refractivity contribution in [2.24, 2.45) is 5.92 Å². The van der Waals surface area contributed by atoms with E-state index in [1.807, 2.05) is 36.6 Å². The standard InChI is InChI=1S/C34H48N2O4S2/c1-24-10-8-9-13-28(24)30-20-26(14-15-29(30)33(37)35-31(16-18-41-4)34(38)39-3)22-40-25(2)21-36-17-19-42-23-32(36)27-11-6-5-7-12-27/h8-10,13-15,20,25,27,31-32H,5-7,11-12,16-19,21-23H2,1-4H3,(H,35,37)/t25?,31-,32?/m0/s1. The maximum absolute atomic E-state index is 13.5. The maximum atomic E-state index is 13.5. The first-order chi connectivity index (χ1) is 20.4. The highest BCUT2D eigenvalue weighted by molar-refractivity contribution is 7.99. The van der Waals surface area contributed by atoms with Crippen LogP contribution >= 0.6 is 23.5 Å². The van der Waals surface area contributed by atoms with Crippen molar-refractivity contribution in [2.75, 3.05) is 43.7 Å². The summed E-state index contributed by atoms with van der Waals surface area (Å²) in [4.78, 5) is 28.6. The van der Waals surface area contributed by atoms with Crippen LogP contribution in [0.1, 0.15) is 66.9 Å². The zero-order chi connectivity index (χ0) is 29.9. The van der Waals surface area contributed by atoms with Gasteiger partial charge in [0.05, 0.1) is 19.8 Å². The number of nitrogens with one attached hydrogen (secondary N) is 1. The second-order valence-corrected chi connectivity index (χ2v) is 13.8. The summed E-state index contributed by atoms with van der Waals surface area (Å²) in [6.07, 6.45) is 9.50. The number of rotatable bonds is 13. The Morgan fingerprint density at radius 1 is 1.12 bits per heavy atom. The average molecular weight is 613 g/mol. The van der Waals surface area contributed by atoms with Crippen molar-refractivity contribution in [1.29, 1.82) is 0 Å². The van der Waals surface area contributed by atoms with Crippen molar-refractivity contribution in [3.05, 3.63) is 59.2 Å². The van der Waals surface area contributed by atoms with Gasteiger partial charge in [-0.2, -0.15) is 23.5 Å². The van der Waals surface area contributed by atoms with Crippen molar-refractivity contribution in [3.63, 3.8) is 0 Å². The van der Waals surface area contributed by atoms with Gasteiger partial charge in [-0.05, 0) is 85.4 Å². The van der Waals surface area contributed by atoms with E-state index < -0.39 is 12.0 Å². The van der Waals surface area contributed by atoms with Crippen LogP contribution in [0, 0.1) is 12.8 Å². The van der Waals surface area contributed by atoms with Crippen molar-refractivity contribution >= 4 is 35.4 Å². The number of esters is 1. The molecule has 1 heterocycles. The van der Waals surface area contributed by atoms with E-state index in [2.05, 4.69) is 48.0 Å². The first-order valence-electron chi connectivity index (χ1n) is 15.4. The summed E-state index contributed by atoms with van der Waals surface area (Å²) in [7, 11) is 1.36. The third kappa shape index (κ3) is 9.01. The number of hydrogen-bond acceptors (Lipinski definition) is 7. The highest BCUT2D eigenvalue weighted by Gasteiger charge is 2.32. The molecule has 8 heteroatoms. The number of amides is 1. The molecular formula is C34H48N2O4S2. The fourth-order valence-electron chi connectivity index (χ4n) is 6.30. The van der Waals surface area contributed by atoms with Crippen LogP contribution in [-0.4, -0.2) is 78.7 Å². The Bertz CT molecular complexity index is 1170. The predicted molar refractivity (Wildman–Crippen MR) is 176 cm³/mol. The molecule has 2 aromatic rings. The van der Waals surface area contributed by atoms with E-state index in [-0.39, 0.29) is 12.0 Å². The normalized spacial score (nSPS) is 19.7. The molecule has 4 rings (SSSR count). The second kappa shape index (κ2) is 16.7. The molecule has 1 N–H and O–H groups in total. The van der Waals surface area contributed by atoms with Gasteiger partial charge in [0.1, 0.15) is 6.04 Å². The molecule has 3 atom stereocenters. The topological polar surface area (TPSA) is 67.9 Å². The van der Waals surface area contributed by atoms with E-state index in [9.17, 15) is 9.59 Å². The van der Waals surface area contributed by atoms with Crippen molar-refractivity contribution < 1.29 is 19.1 Å². The highest BCUT2D eigenvalue weighted by Crippen LogP contribution is 2.33. The number of thioether (sulfide) groups is 2. The molecule has 42 heavy (non-hydrogen) atoms. The minimum absolute atomic E-state index is 0.112. The van der Waals surface area contributed by atoms with Crippen molar-refractivity contribution in [1.82, 2.24) is 10.2 Å². The summed E-state index contributed by atoms with van der Waals surface area (Å²) in [6, 6.07) is 14.0. The first kappa shape index (κ1) is 32.9. The predicted octanol–water partition coefficient (Wildman–Crippen LogP) is 6.59. The quantitative estimate of drug-likeness (QED) is 0.256. The molecule has 1 aliphatic heterocycles. The van der Waals surface area contributed by atoms with E-state index in [0.29, 0.717) is 24.6 Å². The van der Waals surface area contributed by atoms with Crippen LogP contribution in [0.4, 0.5) is 0 Å². The molecule has 0 spiro atoms. The van der Waals surface area contributed by atoms with Crippen molar-refractivity contribution in [2.45, 2.75) is 77.2 Å². The Morgan fingerprint density at radius 3 is 2.64 bits per heavy atom. The minimum Gasteiger partial charge on any atom is -0.467 e. The first-order valence-corrected chi connectivity index (χ1v) is 18.0. The molecule has 1 saturated carbocycles. The van der Waals surface area contributed by atoms with E-state index >= 15 is 0 Å². The van der Waals surface area contributed by atoms with E-state index in [1.165, 1.54) is 50.7 Å². The number of carbonyl (C=O) groups is 2. The van der Waals surface area contributed by atoms with Gasteiger partial charge >= 0.3 is 5.97 Å². The Kier molecular flexibility index (Phi) is 13.1. The molecule has 2 aromatic carbocycles. The maximum Gasteiger partial charge on any atom is 0.328 e. The molecule has 0 radical (unpaired) electrons. The SMILES string of the molecule is COC(=O)[C@H](CCSC)NC(=O)c1ccc(COC(C)CN2CCSCC2C2CCCCC2)cc1-c1ccccc1C. The highest BCUT2D eigenvalue weighted by atomic mass is 32.2. The third-order valence-electron chi connectivity index (χ3n) is 8.67. The number of benzene rings is 2. The number of nitrogens with zero attached hydrogens (tertiary/aromatic N) is 1. The summed E-state index contributed by atoms with van der Waals surface area (Å²) in [5.74, 6) is 3.32. The number of aryl methyl sites for hydroxylation is 1. The number of carbonyl (C=O) groups excluding carboxylic acids is 2. The molecule has 2 unspecified atom stereocenters. The van der Waals surface area contributed by atoms with Crippen LogP contribution in [0.2, 0.25) is 0 Å². The third-order valence-corrected chi connectivity index (χ3v) is 10.4. The van der Waals surface area contributed by atoms with Gasteiger partial charge < -0.3 is 14.8 Å². The lowest BCUT2D eigenvalue weighted by Gasteiger charge is -2.42. The molecule has 6 nitrogen and oxygen atoms in total. The van der Waals surface area contributed by atoms with Crippen LogP contribution in [0.25, 0.3) is 11.1 Å². The molecule has 0 bridgehead atoms. The van der Waals surface area contributed by atoms with Gasteiger partial charge in [0, 0.05) is 36.2 Å². The summed E-state index contributed by atoms with van der Waals surface area (Å²) >= 11 is 3.74. The summed E-state index contributed by atoms with van der Waals surface area (Å²) in [5.41, 5.74) is 4.50. The van der Waals surface area contributed by atoms with Gasteiger partial charge in [-0.1, -0.05) is 49.6 Å². The molecular weight excluding hydrogens is 565 g/mol. The van der Waals surface area contributed by atoms with Gasteiger partial charge in [0.2, 0.25) is 0 Å². The van der Waals surface area contributed by atoms with Crippen molar-refractivity contribution in [3.8, 4) is 11.1 Å². The molecule has 1 amide bonds. The lowest BCUT2D eigenvalue weighted by molar-refractivity contribution is -0.142. The van der Waals surface area contributed by atoms with Crippen LogP contribution in [0.15, 0.2) is 42.5 Å². The molecule has 2 fully saturated rings. The fraction of sp³-hybridized carbons (Fsp3) is 0.588. The van der Waals surface area contributed by atoms with Gasteiger partial charge in [0.15, 0.2) is 0 Å². The summed E-state index contributed by atoms with van der Waals surface area (Å²) in [6.45, 7) is 6.82. The molecule has 0 aromatic heterocycles. The average Bonchev–Trinajstić information content (AvgIpc) is 3.02. The van der Waals surface area contributed by atoms with E-state index in [4.69, 9.17) is 9.47 Å². The lowest BCUT2D eigenvalue weighted by atomic mass is 9.83. The molecule has 2 aliphatic rings. The van der Waals surface area contributed by atoms with Gasteiger partial charge in [0.25, 0.3) is 5.91 Å². The Hall–Kier alpha value is -2.00. The number of methoxy groups -OCH3 is 1. The zero-order valence-electron chi connectivity index (χ0n) is 25.7. The fourth-order valence-corrected chi connectivity index (χ4v) is 8.02. The summed E-state index contributed by atoms with van der Waals surface area (Å²) < 4.78 is 11.4. The van der Waals surface area contributed by atoms with Gasteiger partial charge in [-0.3, -0.25) is 9.69 Å².